The second kappa shape index (κ2) is 5.77. The van der Waals surface area contributed by atoms with Gasteiger partial charge in [-0.15, -0.1) is 11.3 Å². The molecule has 23 heavy (non-hydrogen) atoms. The molecular weight excluding hydrogens is 310 g/mol. The van der Waals surface area contributed by atoms with Crippen LogP contribution in [0.3, 0.4) is 0 Å². The number of carbonyl (C=O) groups excluding carboxylic acids is 1. The fraction of sp³-hybridized carbons (Fsp3) is 0.353. The molecule has 3 heterocycles. The van der Waals surface area contributed by atoms with Gasteiger partial charge >= 0.3 is 0 Å². The predicted octanol–water partition coefficient (Wildman–Crippen LogP) is 3.61. The summed E-state index contributed by atoms with van der Waals surface area (Å²) in [6, 6.07) is 10.1. The van der Waals surface area contributed by atoms with Crippen LogP contribution in [0.15, 0.2) is 34.9 Å². The summed E-state index contributed by atoms with van der Waals surface area (Å²) in [6.07, 6.45) is 1.94. The molecule has 4 rings (SSSR count). The van der Waals surface area contributed by atoms with Crippen molar-refractivity contribution in [3.63, 3.8) is 0 Å². The lowest BCUT2D eigenvalue weighted by atomic mass is 9.98. The van der Waals surface area contributed by atoms with Gasteiger partial charge in [-0.2, -0.15) is 4.98 Å². The van der Waals surface area contributed by atoms with E-state index in [1.54, 1.807) is 11.3 Å². The molecule has 1 aliphatic rings. The van der Waals surface area contributed by atoms with Gasteiger partial charge < -0.3 is 9.42 Å². The second-order valence-electron chi connectivity index (χ2n) is 5.92. The van der Waals surface area contributed by atoms with Crippen LogP contribution in [-0.4, -0.2) is 34.0 Å². The number of aryl methyl sites for hydroxylation is 1. The maximum absolute atomic E-state index is 12.8. The number of amides is 1. The maximum Gasteiger partial charge on any atom is 0.263 e. The van der Waals surface area contributed by atoms with E-state index in [2.05, 4.69) is 16.2 Å². The summed E-state index contributed by atoms with van der Waals surface area (Å²) in [6.45, 7) is 3.25. The van der Waals surface area contributed by atoms with Crippen LogP contribution in [0.5, 0.6) is 0 Å². The van der Waals surface area contributed by atoms with Crippen molar-refractivity contribution in [3.05, 3.63) is 46.9 Å². The summed E-state index contributed by atoms with van der Waals surface area (Å²) in [4.78, 5) is 19.9. The van der Waals surface area contributed by atoms with Crippen LogP contribution in [0.4, 0.5) is 0 Å². The smallest absolute Gasteiger partial charge is 0.263 e. The normalized spacial score (nSPS) is 18.5. The summed E-state index contributed by atoms with van der Waals surface area (Å²) < 4.78 is 6.44. The Morgan fingerprint density at radius 1 is 1.39 bits per heavy atom. The van der Waals surface area contributed by atoms with Crippen molar-refractivity contribution in [1.29, 1.82) is 0 Å². The van der Waals surface area contributed by atoms with Gasteiger partial charge in [0.15, 0.2) is 5.82 Å². The zero-order valence-corrected chi connectivity index (χ0v) is 13.7. The molecule has 0 unspecified atom stereocenters. The highest BCUT2D eigenvalue weighted by Crippen LogP contribution is 2.30. The van der Waals surface area contributed by atoms with Gasteiger partial charge in [0.05, 0.1) is 10.8 Å². The molecule has 0 radical (unpaired) electrons. The van der Waals surface area contributed by atoms with E-state index >= 15 is 0 Å². The number of fused-ring (bicyclic) bond motifs is 1. The molecule has 1 saturated heterocycles. The lowest BCUT2D eigenvalue weighted by Crippen LogP contribution is -2.38. The van der Waals surface area contributed by atoms with Crippen molar-refractivity contribution in [2.45, 2.75) is 25.7 Å². The fourth-order valence-corrected chi connectivity index (χ4v) is 4.12. The number of likely N-dealkylation sites (tertiary alicyclic amines) is 1. The third kappa shape index (κ3) is 2.74. The van der Waals surface area contributed by atoms with Crippen LogP contribution >= 0.6 is 11.3 Å². The average molecular weight is 327 g/mol. The number of thiophene rings is 1. The van der Waals surface area contributed by atoms with Crippen molar-refractivity contribution in [3.8, 4) is 0 Å². The monoisotopic (exact) mass is 327 g/mol. The van der Waals surface area contributed by atoms with E-state index in [1.165, 1.54) is 0 Å². The Hall–Kier alpha value is -2.21. The van der Waals surface area contributed by atoms with Crippen LogP contribution in [0.1, 0.15) is 40.1 Å². The average Bonchev–Trinajstić information content (AvgIpc) is 3.20. The standard InChI is InChI=1S/C17H17N3O2S/c1-11-18-16(22-19-11)13-6-4-8-20(10-13)17(21)15-9-12-5-2-3-7-14(12)23-15/h2-3,5,7,9,13H,4,6,8,10H2,1H3/t13-/m0/s1. The summed E-state index contributed by atoms with van der Waals surface area (Å²) in [5.41, 5.74) is 0. The van der Waals surface area contributed by atoms with Gasteiger partial charge in [0.1, 0.15) is 0 Å². The number of hydrogen-bond acceptors (Lipinski definition) is 5. The number of benzene rings is 1. The lowest BCUT2D eigenvalue weighted by molar-refractivity contribution is 0.0700. The molecule has 2 aromatic heterocycles. The molecule has 118 valence electrons. The van der Waals surface area contributed by atoms with Gasteiger partial charge in [-0.3, -0.25) is 4.79 Å². The van der Waals surface area contributed by atoms with Crippen LogP contribution < -0.4 is 0 Å². The molecular formula is C17H17N3O2S. The molecule has 1 aromatic carbocycles. The lowest BCUT2D eigenvalue weighted by Gasteiger charge is -2.30. The van der Waals surface area contributed by atoms with Crippen molar-refractivity contribution in [1.82, 2.24) is 15.0 Å². The molecule has 1 atom stereocenters. The van der Waals surface area contributed by atoms with E-state index in [9.17, 15) is 4.79 Å². The highest BCUT2D eigenvalue weighted by atomic mass is 32.1. The van der Waals surface area contributed by atoms with Crippen LogP contribution in [0.25, 0.3) is 10.1 Å². The first-order chi connectivity index (χ1) is 11.2. The highest BCUT2D eigenvalue weighted by molar-refractivity contribution is 7.20. The Bertz CT molecular complexity index is 821. The minimum absolute atomic E-state index is 0.104. The zero-order valence-electron chi connectivity index (χ0n) is 12.9. The Labute approximate surface area is 137 Å². The third-order valence-electron chi connectivity index (χ3n) is 4.24. The van der Waals surface area contributed by atoms with Gasteiger partial charge in [0.25, 0.3) is 5.91 Å². The number of nitrogens with zero attached hydrogens (tertiary/aromatic N) is 3. The largest absolute Gasteiger partial charge is 0.339 e. The van der Waals surface area contributed by atoms with Gasteiger partial charge in [-0.05, 0) is 37.3 Å². The molecule has 0 aliphatic carbocycles. The van der Waals surface area contributed by atoms with Crippen molar-refractivity contribution >= 4 is 27.3 Å². The Morgan fingerprint density at radius 2 is 2.26 bits per heavy atom. The van der Waals surface area contributed by atoms with Gasteiger partial charge in [-0.1, -0.05) is 23.4 Å². The van der Waals surface area contributed by atoms with E-state index < -0.39 is 0 Å². The van der Waals surface area contributed by atoms with Gasteiger partial charge in [0, 0.05) is 17.8 Å². The van der Waals surface area contributed by atoms with E-state index in [0.29, 0.717) is 18.3 Å². The Kier molecular flexibility index (Phi) is 3.61. The molecule has 1 aliphatic heterocycles. The van der Waals surface area contributed by atoms with E-state index in [0.717, 1.165) is 34.3 Å². The number of piperidine rings is 1. The Balaban J connectivity index is 1.55. The molecule has 5 nitrogen and oxygen atoms in total. The third-order valence-corrected chi connectivity index (χ3v) is 5.34. The first kappa shape index (κ1) is 14.4. The van der Waals surface area contributed by atoms with Crippen LogP contribution in [0.2, 0.25) is 0 Å². The summed E-state index contributed by atoms with van der Waals surface area (Å²) in [7, 11) is 0. The molecule has 6 heteroatoms. The molecule has 0 spiro atoms. The molecule has 0 bridgehead atoms. The molecule has 0 N–H and O–H groups in total. The van der Waals surface area contributed by atoms with Crippen molar-refractivity contribution < 1.29 is 9.32 Å². The minimum atomic E-state index is 0.104. The molecule has 3 aromatic rings. The topological polar surface area (TPSA) is 59.2 Å². The Morgan fingerprint density at radius 3 is 3.04 bits per heavy atom. The fourth-order valence-electron chi connectivity index (χ4n) is 3.09. The van der Waals surface area contributed by atoms with E-state index in [4.69, 9.17) is 4.52 Å². The number of hydrogen-bond donors (Lipinski definition) is 0. The van der Waals surface area contributed by atoms with E-state index in [1.807, 2.05) is 36.1 Å². The maximum atomic E-state index is 12.8. The first-order valence-corrected chi connectivity index (χ1v) is 8.60. The van der Waals surface area contributed by atoms with Crippen molar-refractivity contribution in [2.24, 2.45) is 0 Å². The predicted molar refractivity (Wildman–Crippen MR) is 88.7 cm³/mol. The number of rotatable bonds is 2. The number of aromatic nitrogens is 2. The van der Waals surface area contributed by atoms with Crippen LogP contribution in [-0.2, 0) is 0 Å². The minimum Gasteiger partial charge on any atom is -0.339 e. The summed E-state index contributed by atoms with van der Waals surface area (Å²) in [5.74, 6) is 1.54. The van der Waals surface area contributed by atoms with Gasteiger partial charge in [-0.25, -0.2) is 0 Å². The van der Waals surface area contributed by atoms with Crippen LogP contribution in [0, 0.1) is 6.92 Å². The SMILES string of the molecule is Cc1noc([C@H]2CCCN(C(=O)c3cc4ccccc4s3)C2)n1. The quantitative estimate of drug-likeness (QED) is 0.721. The second-order valence-corrected chi connectivity index (χ2v) is 7.00. The van der Waals surface area contributed by atoms with Gasteiger partial charge in [0.2, 0.25) is 5.89 Å². The summed E-state index contributed by atoms with van der Waals surface area (Å²) in [5, 5.41) is 4.99. The zero-order chi connectivity index (χ0) is 15.8. The van der Waals surface area contributed by atoms with Crippen molar-refractivity contribution in [2.75, 3.05) is 13.1 Å². The molecule has 1 fully saturated rings. The summed E-state index contributed by atoms with van der Waals surface area (Å²) >= 11 is 1.56. The highest BCUT2D eigenvalue weighted by Gasteiger charge is 2.29. The first-order valence-electron chi connectivity index (χ1n) is 7.79. The van der Waals surface area contributed by atoms with E-state index in [-0.39, 0.29) is 11.8 Å². The molecule has 0 saturated carbocycles. The molecule has 1 amide bonds. The number of carbonyl (C=O) groups is 1.